The van der Waals surface area contributed by atoms with Crippen LogP contribution >= 0.6 is 12.4 Å². The highest BCUT2D eigenvalue weighted by Gasteiger charge is 2.37. The number of carbonyl (C=O) groups is 1. The van der Waals surface area contributed by atoms with Gasteiger partial charge in [-0.25, -0.2) is 0 Å². The number of piperidine rings is 2. The Bertz CT molecular complexity index is 301. The van der Waals surface area contributed by atoms with Crippen molar-refractivity contribution in [2.75, 3.05) is 26.7 Å². The van der Waals surface area contributed by atoms with Crippen molar-refractivity contribution in [3.63, 3.8) is 0 Å². The first-order chi connectivity index (χ1) is 8.49. The van der Waals surface area contributed by atoms with E-state index in [0.717, 1.165) is 38.9 Å². The van der Waals surface area contributed by atoms with Gasteiger partial charge in [0.05, 0.1) is 6.04 Å². The van der Waals surface area contributed by atoms with Gasteiger partial charge >= 0.3 is 0 Å². The highest BCUT2D eigenvalue weighted by Crippen LogP contribution is 2.30. The van der Waals surface area contributed by atoms with E-state index in [1.165, 1.54) is 6.42 Å². The molecule has 0 aromatic carbocycles. The number of hydrogen-bond donors (Lipinski definition) is 2. The summed E-state index contributed by atoms with van der Waals surface area (Å²) in [5.41, 5.74) is 0.0772. The predicted octanol–water partition coefficient (Wildman–Crippen LogP) is 1.40. The molecule has 2 rings (SSSR count). The van der Waals surface area contributed by atoms with Gasteiger partial charge in [0, 0.05) is 6.04 Å². The number of nitrogens with one attached hydrogen (secondary N) is 2. The van der Waals surface area contributed by atoms with E-state index in [2.05, 4.69) is 36.4 Å². The maximum atomic E-state index is 12.4. The van der Waals surface area contributed by atoms with Crippen molar-refractivity contribution in [1.29, 1.82) is 0 Å². The van der Waals surface area contributed by atoms with Crippen LogP contribution in [0.1, 0.15) is 39.5 Å². The number of amides is 1. The van der Waals surface area contributed by atoms with E-state index < -0.39 is 0 Å². The van der Waals surface area contributed by atoms with E-state index in [1.54, 1.807) is 0 Å². The molecule has 4 nitrogen and oxygen atoms in total. The lowest BCUT2D eigenvalue weighted by molar-refractivity contribution is -0.127. The highest BCUT2D eigenvalue weighted by atomic mass is 35.5. The SMILES string of the molecule is CN1CCC(NC(=O)C2NCCCC2(C)C)CC1.Cl. The van der Waals surface area contributed by atoms with Crippen LogP contribution in [0.3, 0.4) is 0 Å². The molecule has 2 fully saturated rings. The van der Waals surface area contributed by atoms with Gasteiger partial charge in [-0.3, -0.25) is 4.79 Å². The van der Waals surface area contributed by atoms with Gasteiger partial charge in [-0.15, -0.1) is 12.4 Å². The van der Waals surface area contributed by atoms with Gasteiger partial charge in [0.2, 0.25) is 5.91 Å². The summed E-state index contributed by atoms with van der Waals surface area (Å²) in [7, 11) is 2.14. The van der Waals surface area contributed by atoms with E-state index in [1.807, 2.05) is 0 Å². The average Bonchev–Trinajstić information content (AvgIpc) is 2.31. The zero-order valence-corrected chi connectivity index (χ0v) is 13.2. The maximum absolute atomic E-state index is 12.4. The van der Waals surface area contributed by atoms with Crippen molar-refractivity contribution in [2.24, 2.45) is 5.41 Å². The van der Waals surface area contributed by atoms with Gasteiger partial charge in [-0.1, -0.05) is 13.8 Å². The summed E-state index contributed by atoms with van der Waals surface area (Å²) >= 11 is 0. The Balaban J connectivity index is 0.00000180. The van der Waals surface area contributed by atoms with Gasteiger partial charge < -0.3 is 15.5 Å². The summed E-state index contributed by atoms with van der Waals surface area (Å²) in [6.07, 6.45) is 4.46. The van der Waals surface area contributed by atoms with Gasteiger partial charge in [-0.2, -0.15) is 0 Å². The molecule has 2 heterocycles. The molecular weight excluding hydrogens is 262 g/mol. The third-order valence-corrected chi connectivity index (χ3v) is 4.45. The van der Waals surface area contributed by atoms with Gasteiger partial charge in [0.1, 0.15) is 0 Å². The quantitative estimate of drug-likeness (QED) is 0.808. The minimum absolute atomic E-state index is 0. The lowest BCUT2D eigenvalue weighted by atomic mass is 9.77. The highest BCUT2D eigenvalue weighted by molar-refractivity contribution is 5.85. The maximum Gasteiger partial charge on any atom is 0.237 e. The lowest BCUT2D eigenvalue weighted by Crippen LogP contribution is -2.58. The van der Waals surface area contributed by atoms with E-state index in [9.17, 15) is 4.79 Å². The standard InChI is InChI=1S/C14H27N3O.ClH/c1-14(2)7-4-8-15-12(14)13(18)16-11-5-9-17(3)10-6-11;/h11-12,15H,4-10H2,1-3H3,(H,16,18);1H. The molecule has 0 aromatic rings. The van der Waals surface area contributed by atoms with Crippen molar-refractivity contribution in [3.05, 3.63) is 0 Å². The van der Waals surface area contributed by atoms with Crippen LogP contribution in [0.2, 0.25) is 0 Å². The van der Waals surface area contributed by atoms with E-state index >= 15 is 0 Å². The van der Waals surface area contributed by atoms with E-state index in [4.69, 9.17) is 0 Å². The van der Waals surface area contributed by atoms with Crippen molar-refractivity contribution < 1.29 is 4.79 Å². The Morgan fingerprint density at radius 2 is 1.95 bits per heavy atom. The van der Waals surface area contributed by atoms with E-state index in [-0.39, 0.29) is 29.8 Å². The van der Waals surface area contributed by atoms with E-state index in [0.29, 0.717) is 6.04 Å². The normalized spacial score (nSPS) is 28.5. The smallest absolute Gasteiger partial charge is 0.237 e. The summed E-state index contributed by atoms with van der Waals surface area (Å²) in [4.78, 5) is 14.7. The molecule has 2 aliphatic rings. The fourth-order valence-corrected chi connectivity index (χ4v) is 3.10. The van der Waals surface area contributed by atoms with Crippen LogP contribution in [0.25, 0.3) is 0 Å². The lowest BCUT2D eigenvalue weighted by Gasteiger charge is -2.39. The molecule has 0 saturated carbocycles. The first kappa shape index (κ1) is 16.7. The topological polar surface area (TPSA) is 44.4 Å². The second-order valence-corrected chi connectivity index (χ2v) is 6.57. The van der Waals surface area contributed by atoms with Crippen molar-refractivity contribution >= 4 is 18.3 Å². The Hall–Kier alpha value is -0.320. The molecule has 2 N–H and O–H groups in total. The molecule has 0 bridgehead atoms. The predicted molar refractivity (Wildman–Crippen MR) is 80.7 cm³/mol. The average molecular weight is 290 g/mol. The molecule has 2 aliphatic heterocycles. The molecule has 1 atom stereocenters. The Labute approximate surface area is 123 Å². The number of nitrogens with zero attached hydrogens (tertiary/aromatic N) is 1. The van der Waals surface area contributed by atoms with Crippen LogP contribution in [-0.4, -0.2) is 49.6 Å². The summed E-state index contributed by atoms with van der Waals surface area (Å²) in [5.74, 6) is 0.203. The fourth-order valence-electron chi connectivity index (χ4n) is 3.10. The Morgan fingerprint density at radius 1 is 1.32 bits per heavy atom. The van der Waals surface area contributed by atoms with Crippen LogP contribution < -0.4 is 10.6 Å². The molecular formula is C14H28ClN3O. The van der Waals surface area contributed by atoms with Crippen LogP contribution in [0.4, 0.5) is 0 Å². The van der Waals surface area contributed by atoms with Crippen molar-refractivity contribution in [1.82, 2.24) is 15.5 Å². The minimum atomic E-state index is -0.0223. The molecule has 2 saturated heterocycles. The van der Waals surface area contributed by atoms with Gasteiger partial charge in [0.25, 0.3) is 0 Å². The van der Waals surface area contributed by atoms with Crippen molar-refractivity contribution in [2.45, 2.75) is 51.6 Å². The molecule has 0 spiro atoms. The van der Waals surface area contributed by atoms with Crippen molar-refractivity contribution in [3.8, 4) is 0 Å². The summed E-state index contributed by atoms with van der Waals surface area (Å²) in [5, 5.41) is 6.62. The van der Waals surface area contributed by atoms with Crippen LogP contribution in [0, 0.1) is 5.41 Å². The zero-order valence-electron chi connectivity index (χ0n) is 12.4. The number of carbonyl (C=O) groups excluding carboxylic acids is 1. The second-order valence-electron chi connectivity index (χ2n) is 6.57. The number of likely N-dealkylation sites (tertiary alicyclic amines) is 1. The second kappa shape index (κ2) is 6.91. The molecule has 1 amide bonds. The van der Waals surface area contributed by atoms with Gasteiger partial charge in [-0.05, 0) is 57.8 Å². The molecule has 112 valence electrons. The number of halogens is 1. The summed E-state index contributed by atoms with van der Waals surface area (Å²) < 4.78 is 0. The molecule has 0 radical (unpaired) electrons. The first-order valence-corrected chi connectivity index (χ1v) is 7.21. The molecule has 1 unspecified atom stereocenters. The minimum Gasteiger partial charge on any atom is -0.352 e. The largest absolute Gasteiger partial charge is 0.352 e. The monoisotopic (exact) mass is 289 g/mol. The summed E-state index contributed by atoms with van der Waals surface area (Å²) in [6.45, 7) is 7.53. The Kier molecular flexibility index (Phi) is 6.09. The van der Waals surface area contributed by atoms with Crippen LogP contribution in [0.15, 0.2) is 0 Å². The molecule has 0 aromatic heterocycles. The van der Waals surface area contributed by atoms with Gasteiger partial charge in [0.15, 0.2) is 0 Å². The third kappa shape index (κ3) is 4.33. The first-order valence-electron chi connectivity index (χ1n) is 7.21. The third-order valence-electron chi connectivity index (χ3n) is 4.45. The zero-order chi connectivity index (χ0) is 13.2. The Morgan fingerprint density at radius 3 is 2.53 bits per heavy atom. The fraction of sp³-hybridized carbons (Fsp3) is 0.929. The van der Waals surface area contributed by atoms with Crippen LogP contribution in [-0.2, 0) is 4.79 Å². The van der Waals surface area contributed by atoms with Crippen LogP contribution in [0.5, 0.6) is 0 Å². The molecule has 5 heteroatoms. The number of hydrogen-bond acceptors (Lipinski definition) is 3. The summed E-state index contributed by atoms with van der Waals surface area (Å²) in [6, 6.07) is 0.346. The number of rotatable bonds is 2. The molecule has 19 heavy (non-hydrogen) atoms. The molecule has 0 aliphatic carbocycles.